The van der Waals surface area contributed by atoms with Crippen molar-refractivity contribution in [1.29, 1.82) is 0 Å². The zero-order valence-electron chi connectivity index (χ0n) is 16.7. The standard InChI is InChI=1S/C24H19FN2O4/c1-16-13-18(6-10-22(16)30-20-3-2-12-26-14-20)27-24(28)23-11-9-21(31-23)15-29-19-7-4-17(25)5-8-19/h2-14H,15H2,1H3,(H,27,28). The number of anilines is 1. The van der Waals surface area contributed by atoms with Gasteiger partial charge in [-0.05, 0) is 79.2 Å². The number of ether oxygens (including phenoxy) is 2. The van der Waals surface area contributed by atoms with Crippen LogP contribution in [-0.2, 0) is 6.61 Å². The lowest BCUT2D eigenvalue weighted by Gasteiger charge is -2.10. The quantitative estimate of drug-likeness (QED) is 0.414. The number of rotatable bonds is 7. The smallest absolute Gasteiger partial charge is 0.291 e. The van der Waals surface area contributed by atoms with E-state index in [0.29, 0.717) is 28.7 Å². The molecule has 2 aromatic carbocycles. The minimum atomic E-state index is -0.381. The molecule has 0 saturated heterocycles. The molecule has 0 radical (unpaired) electrons. The highest BCUT2D eigenvalue weighted by molar-refractivity contribution is 6.02. The van der Waals surface area contributed by atoms with Crippen molar-refractivity contribution in [3.05, 3.63) is 102 Å². The number of pyridine rings is 1. The number of carbonyl (C=O) groups excluding carboxylic acids is 1. The number of aryl methyl sites for hydroxylation is 1. The lowest BCUT2D eigenvalue weighted by molar-refractivity contribution is 0.0992. The molecule has 4 aromatic rings. The van der Waals surface area contributed by atoms with Gasteiger partial charge in [0, 0.05) is 11.9 Å². The third-order valence-corrected chi connectivity index (χ3v) is 4.38. The third kappa shape index (κ3) is 5.27. The van der Waals surface area contributed by atoms with Crippen LogP contribution in [0.3, 0.4) is 0 Å². The molecule has 0 bridgehead atoms. The molecule has 1 amide bonds. The zero-order valence-corrected chi connectivity index (χ0v) is 16.7. The van der Waals surface area contributed by atoms with Gasteiger partial charge >= 0.3 is 0 Å². The topological polar surface area (TPSA) is 73.6 Å². The van der Waals surface area contributed by atoms with Crippen LogP contribution in [0.5, 0.6) is 17.2 Å². The van der Waals surface area contributed by atoms with Gasteiger partial charge in [-0.3, -0.25) is 9.78 Å². The summed E-state index contributed by atoms with van der Waals surface area (Å²) in [5.41, 5.74) is 1.47. The van der Waals surface area contributed by atoms with Gasteiger partial charge in [0.15, 0.2) is 5.76 Å². The Morgan fingerprint density at radius 2 is 1.90 bits per heavy atom. The van der Waals surface area contributed by atoms with Crippen LogP contribution in [0.1, 0.15) is 21.9 Å². The van der Waals surface area contributed by atoms with Gasteiger partial charge in [0.25, 0.3) is 5.91 Å². The summed E-state index contributed by atoms with van der Waals surface area (Å²) in [6, 6.07) is 17.9. The SMILES string of the molecule is Cc1cc(NC(=O)c2ccc(COc3ccc(F)cc3)o2)ccc1Oc1cccnc1. The van der Waals surface area contributed by atoms with Crippen molar-refractivity contribution in [2.24, 2.45) is 0 Å². The van der Waals surface area contributed by atoms with Crippen LogP contribution < -0.4 is 14.8 Å². The molecule has 0 atom stereocenters. The second kappa shape index (κ2) is 9.13. The Bertz CT molecular complexity index is 1170. The molecule has 0 saturated carbocycles. The number of carbonyl (C=O) groups is 1. The van der Waals surface area contributed by atoms with Gasteiger partial charge in [-0.1, -0.05) is 0 Å². The van der Waals surface area contributed by atoms with Crippen molar-refractivity contribution in [2.45, 2.75) is 13.5 Å². The number of hydrogen-bond donors (Lipinski definition) is 1. The molecular weight excluding hydrogens is 399 g/mol. The summed E-state index contributed by atoms with van der Waals surface area (Å²) >= 11 is 0. The Labute approximate surface area is 178 Å². The summed E-state index contributed by atoms with van der Waals surface area (Å²) < 4.78 is 29.8. The number of halogens is 1. The first kappa shape index (κ1) is 20.2. The van der Waals surface area contributed by atoms with Crippen molar-refractivity contribution in [1.82, 2.24) is 4.98 Å². The summed E-state index contributed by atoms with van der Waals surface area (Å²) in [5.74, 6) is 1.73. The molecule has 4 rings (SSSR count). The second-order valence-corrected chi connectivity index (χ2v) is 6.73. The molecule has 2 aromatic heterocycles. The Hall–Kier alpha value is -4.13. The number of aromatic nitrogens is 1. The molecule has 7 heteroatoms. The minimum absolute atomic E-state index is 0.123. The number of hydrogen-bond acceptors (Lipinski definition) is 5. The number of furan rings is 1. The lowest BCUT2D eigenvalue weighted by Crippen LogP contribution is -2.11. The Balaban J connectivity index is 1.36. The van der Waals surface area contributed by atoms with Crippen LogP contribution in [0.25, 0.3) is 0 Å². The largest absolute Gasteiger partial charge is 0.486 e. The second-order valence-electron chi connectivity index (χ2n) is 6.73. The Morgan fingerprint density at radius 3 is 2.65 bits per heavy atom. The van der Waals surface area contributed by atoms with Crippen LogP contribution in [0.4, 0.5) is 10.1 Å². The molecule has 0 aliphatic rings. The summed E-state index contributed by atoms with van der Waals surface area (Å²) in [6.07, 6.45) is 3.30. The maximum absolute atomic E-state index is 12.9. The molecule has 1 N–H and O–H groups in total. The fourth-order valence-electron chi connectivity index (χ4n) is 2.83. The van der Waals surface area contributed by atoms with Gasteiger partial charge in [0.2, 0.25) is 0 Å². The van der Waals surface area contributed by atoms with Crippen LogP contribution >= 0.6 is 0 Å². The molecule has 2 heterocycles. The zero-order chi connectivity index (χ0) is 21.6. The molecule has 0 aliphatic carbocycles. The molecule has 31 heavy (non-hydrogen) atoms. The minimum Gasteiger partial charge on any atom is -0.486 e. The predicted molar refractivity (Wildman–Crippen MR) is 113 cm³/mol. The van der Waals surface area contributed by atoms with E-state index in [4.69, 9.17) is 13.9 Å². The van der Waals surface area contributed by atoms with E-state index in [1.165, 1.54) is 24.3 Å². The number of amides is 1. The Morgan fingerprint density at radius 1 is 1.06 bits per heavy atom. The molecule has 156 valence electrons. The highest BCUT2D eigenvalue weighted by Crippen LogP contribution is 2.27. The molecule has 0 fully saturated rings. The first-order chi connectivity index (χ1) is 15.1. The van der Waals surface area contributed by atoms with E-state index >= 15 is 0 Å². The van der Waals surface area contributed by atoms with Crippen molar-refractivity contribution in [2.75, 3.05) is 5.32 Å². The van der Waals surface area contributed by atoms with Crippen molar-refractivity contribution < 1.29 is 23.1 Å². The maximum atomic E-state index is 12.9. The molecule has 0 unspecified atom stereocenters. The molecule has 0 aliphatic heterocycles. The van der Waals surface area contributed by atoms with Crippen molar-refractivity contribution in [3.63, 3.8) is 0 Å². The van der Waals surface area contributed by atoms with E-state index in [1.807, 2.05) is 19.1 Å². The van der Waals surface area contributed by atoms with E-state index in [1.54, 1.807) is 42.7 Å². The average molecular weight is 418 g/mol. The van der Waals surface area contributed by atoms with Gasteiger partial charge < -0.3 is 19.2 Å². The van der Waals surface area contributed by atoms with E-state index in [2.05, 4.69) is 10.3 Å². The Kier molecular flexibility index (Phi) is 5.93. The maximum Gasteiger partial charge on any atom is 0.291 e. The van der Waals surface area contributed by atoms with E-state index < -0.39 is 0 Å². The van der Waals surface area contributed by atoms with Gasteiger partial charge in [-0.25, -0.2) is 4.39 Å². The first-order valence-electron chi connectivity index (χ1n) is 9.54. The van der Waals surface area contributed by atoms with Gasteiger partial charge in [-0.15, -0.1) is 0 Å². The number of nitrogens with zero attached hydrogens (tertiary/aromatic N) is 1. The highest BCUT2D eigenvalue weighted by atomic mass is 19.1. The van der Waals surface area contributed by atoms with E-state index in [0.717, 1.165) is 5.56 Å². The van der Waals surface area contributed by atoms with Crippen LogP contribution in [0, 0.1) is 12.7 Å². The fourth-order valence-corrected chi connectivity index (χ4v) is 2.83. The first-order valence-corrected chi connectivity index (χ1v) is 9.54. The molecule has 6 nitrogen and oxygen atoms in total. The average Bonchev–Trinajstić information content (AvgIpc) is 3.25. The summed E-state index contributed by atoms with van der Waals surface area (Å²) in [6.45, 7) is 2.01. The van der Waals surface area contributed by atoms with E-state index in [9.17, 15) is 9.18 Å². The third-order valence-electron chi connectivity index (χ3n) is 4.38. The van der Waals surface area contributed by atoms with Crippen molar-refractivity contribution in [3.8, 4) is 17.2 Å². The van der Waals surface area contributed by atoms with Crippen LogP contribution in [0.2, 0.25) is 0 Å². The molecular formula is C24H19FN2O4. The van der Waals surface area contributed by atoms with Crippen molar-refractivity contribution >= 4 is 11.6 Å². The lowest BCUT2D eigenvalue weighted by atomic mass is 10.2. The summed E-state index contributed by atoms with van der Waals surface area (Å²) in [4.78, 5) is 16.5. The number of nitrogens with one attached hydrogen (secondary N) is 1. The van der Waals surface area contributed by atoms with Crippen LogP contribution in [0.15, 0.2) is 83.5 Å². The fraction of sp³-hybridized carbons (Fsp3) is 0.0833. The highest BCUT2D eigenvalue weighted by Gasteiger charge is 2.13. The summed E-state index contributed by atoms with van der Waals surface area (Å²) in [7, 11) is 0. The number of benzene rings is 2. The van der Waals surface area contributed by atoms with Crippen LogP contribution in [-0.4, -0.2) is 10.9 Å². The normalized spacial score (nSPS) is 10.5. The monoisotopic (exact) mass is 418 g/mol. The summed E-state index contributed by atoms with van der Waals surface area (Å²) in [5, 5.41) is 2.80. The van der Waals surface area contributed by atoms with Gasteiger partial charge in [0.1, 0.15) is 35.4 Å². The van der Waals surface area contributed by atoms with Gasteiger partial charge in [-0.2, -0.15) is 0 Å². The van der Waals surface area contributed by atoms with Gasteiger partial charge in [0.05, 0.1) is 6.20 Å². The molecule has 0 spiro atoms. The van der Waals surface area contributed by atoms with E-state index in [-0.39, 0.29) is 24.1 Å². The predicted octanol–water partition coefficient (Wildman–Crippen LogP) is 5.75.